The van der Waals surface area contributed by atoms with Crippen molar-refractivity contribution in [1.29, 1.82) is 0 Å². The van der Waals surface area contributed by atoms with E-state index in [9.17, 15) is 4.39 Å². The molecule has 0 N–H and O–H groups in total. The Morgan fingerprint density at radius 3 is 2.33 bits per heavy atom. The van der Waals surface area contributed by atoms with Gasteiger partial charge in [-0.15, -0.1) is 0 Å². The van der Waals surface area contributed by atoms with Crippen LogP contribution in [-0.2, 0) is 4.74 Å². The minimum absolute atomic E-state index is 0.308. The van der Waals surface area contributed by atoms with Crippen molar-refractivity contribution >= 4 is 0 Å². The van der Waals surface area contributed by atoms with Crippen LogP contribution in [-0.4, -0.2) is 7.11 Å². The Morgan fingerprint density at radius 1 is 1.83 bits per heavy atom. The summed E-state index contributed by atoms with van der Waals surface area (Å²) in [7, 11) is 1.41. The van der Waals surface area contributed by atoms with Crippen molar-refractivity contribution in [3.8, 4) is 0 Å². The van der Waals surface area contributed by atoms with Crippen molar-refractivity contribution in [3.63, 3.8) is 0 Å². The van der Waals surface area contributed by atoms with E-state index in [4.69, 9.17) is 0 Å². The highest BCUT2D eigenvalue weighted by atomic mass is 19.1. The van der Waals surface area contributed by atoms with Gasteiger partial charge in [-0.25, -0.2) is 4.39 Å². The van der Waals surface area contributed by atoms with Gasteiger partial charge in [0.2, 0.25) is 0 Å². The van der Waals surface area contributed by atoms with Gasteiger partial charge in [-0.1, -0.05) is 0 Å². The van der Waals surface area contributed by atoms with Gasteiger partial charge in [0.15, 0.2) is 0 Å². The third-order valence-corrected chi connectivity index (χ3v) is 0.280. The average Bonchev–Trinajstić information content (AvgIpc) is 1.35. The van der Waals surface area contributed by atoms with E-state index >= 15 is 0 Å². The fraction of sp³-hybridized carbons (Fsp3) is 0.500. The van der Waals surface area contributed by atoms with Crippen LogP contribution < -0.4 is 0 Å². The predicted molar refractivity (Wildman–Crippen MR) is 21.9 cm³/mol. The maximum atomic E-state index is 11.4. The lowest BCUT2D eigenvalue weighted by molar-refractivity contribution is 0.323. The number of ether oxygens (including phenoxy) is 1. The summed E-state index contributed by atoms with van der Waals surface area (Å²) in [6, 6.07) is 0. The molecule has 0 spiro atoms. The molecule has 0 fully saturated rings. The smallest absolute Gasteiger partial charge is 0.131 e. The molecule has 0 aromatic carbocycles. The minimum atomic E-state index is -0.308. The Bertz CT molecular complexity index is 54.6. The van der Waals surface area contributed by atoms with E-state index in [0.29, 0.717) is 0 Å². The normalized spacial score (nSPS) is 11.5. The van der Waals surface area contributed by atoms with E-state index in [1.54, 1.807) is 0 Å². The number of hydrogen-bond donors (Lipinski definition) is 0. The molecule has 0 aromatic heterocycles. The Morgan fingerprint density at radius 2 is 2.33 bits per heavy atom. The Kier molecular flexibility index (Phi) is 2.46. The third kappa shape index (κ3) is 3.47. The molecular formula is C4H7FO. The molecule has 0 atom stereocenters. The quantitative estimate of drug-likeness (QED) is 0.443. The molecule has 0 radical (unpaired) electrons. The third-order valence-electron chi connectivity index (χ3n) is 0.280. The molecular weight excluding hydrogens is 83.0 g/mol. The van der Waals surface area contributed by atoms with Crippen molar-refractivity contribution in [1.82, 2.24) is 0 Å². The Labute approximate surface area is 36.4 Å². The second-order valence-corrected chi connectivity index (χ2v) is 0.940. The Hall–Kier alpha value is -0.530. The zero-order valence-corrected chi connectivity index (χ0v) is 3.86. The molecule has 0 aliphatic heterocycles. The number of hydrogen-bond acceptors (Lipinski definition) is 1. The molecule has 6 heavy (non-hydrogen) atoms. The van der Waals surface area contributed by atoms with Crippen LogP contribution in [0.5, 0.6) is 0 Å². The monoisotopic (exact) mass is 90.0 g/mol. The van der Waals surface area contributed by atoms with Crippen molar-refractivity contribution in [2.45, 2.75) is 6.92 Å². The summed E-state index contributed by atoms with van der Waals surface area (Å²) in [5.41, 5.74) is 0. The van der Waals surface area contributed by atoms with Crippen LogP contribution in [0.4, 0.5) is 4.39 Å². The van der Waals surface area contributed by atoms with E-state index in [-0.39, 0.29) is 5.83 Å². The average molecular weight is 90.1 g/mol. The van der Waals surface area contributed by atoms with Crippen molar-refractivity contribution in [2.24, 2.45) is 0 Å². The number of rotatable bonds is 1. The molecule has 0 unspecified atom stereocenters. The van der Waals surface area contributed by atoms with Crippen molar-refractivity contribution < 1.29 is 9.13 Å². The number of halogens is 1. The molecule has 0 aliphatic carbocycles. The van der Waals surface area contributed by atoms with Gasteiger partial charge < -0.3 is 4.74 Å². The van der Waals surface area contributed by atoms with E-state index in [1.807, 2.05) is 0 Å². The zero-order valence-electron chi connectivity index (χ0n) is 3.86. The topological polar surface area (TPSA) is 9.23 Å². The molecule has 1 nitrogen and oxygen atoms in total. The van der Waals surface area contributed by atoms with E-state index in [0.717, 1.165) is 6.26 Å². The number of methoxy groups -OCH3 is 1. The van der Waals surface area contributed by atoms with Gasteiger partial charge in [-0.3, -0.25) is 0 Å². The summed E-state index contributed by atoms with van der Waals surface area (Å²) in [6.45, 7) is 1.32. The van der Waals surface area contributed by atoms with Gasteiger partial charge in [0, 0.05) is 0 Å². The molecule has 0 aliphatic rings. The lowest BCUT2D eigenvalue weighted by Gasteiger charge is -1.81. The SMILES string of the molecule is CO/C=C(\C)F. The summed E-state index contributed by atoms with van der Waals surface area (Å²) in [6.07, 6.45) is 1.04. The molecule has 0 saturated heterocycles. The molecule has 0 saturated carbocycles. The van der Waals surface area contributed by atoms with Gasteiger partial charge in [-0.2, -0.15) is 0 Å². The fourth-order valence-corrected chi connectivity index (χ4v) is 0.162. The molecule has 36 valence electrons. The van der Waals surface area contributed by atoms with Gasteiger partial charge in [0.1, 0.15) is 12.1 Å². The zero-order chi connectivity index (χ0) is 4.99. The van der Waals surface area contributed by atoms with E-state index in [2.05, 4.69) is 4.74 Å². The minimum Gasteiger partial charge on any atom is -0.502 e. The van der Waals surface area contributed by atoms with Gasteiger partial charge in [0.05, 0.1) is 7.11 Å². The summed E-state index contributed by atoms with van der Waals surface area (Å²) >= 11 is 0. The first-order chi connectivity index (χ1) is 2.77. The Balaban J connectivity index is 3.14. The summed E-state index contributed by atoms with van der Waals surface area (Å²) in [4.78, 5) is 0. The predicted octanol–water partition coefficient (Wildman–Crippen LogP) is 1.46. The summed E-state index contributed by atoms with van der Waals surface area (Å²) < 4.78 is 15.7. The van der Waals surface area contributed by atoms with Crippen molar-refractivity contribution in [3.05, 3.63) is 12.1 Å². The summed E-state index contributed by atoms with van der Waals surface area (Å²) in [5, 5.41) is 0. The lowest BCUT2D eigenvalue weighted by atomic mass is 10.7. The van der Waals surface area contributed by atoms with Crippen LogP contribution >= 0.6 is 0 Å². The number of allylic oxidation sites excluding steroid dienone is 1. The van der Waals surface area contributed by atoms with Gasteiger partial charge >= 0.3 is 0 Å². The van der Waals surface area contributed by atoms with Crippen LogP contribution in [0.1, 0.15) is 6.92 Å². The fourth-order valence-electron chi connectivity index (χ4n) is 0.162. The second kappa shape index (κ2) is 2.69. The van der Waals surface area contributed by atoms with E-state index < -0.39 is 0 Å². The molecule has 2 heteroatoms. The largest absolute Gasteiger partial charge is 0.502 e. The maximum Gasteiger partial charge on any atom is 0.131 e. The maximum absolute atomic E-state index is 11.4. The first-order valence-corrected chi connectivity index (χ1v) is 1.62. The second-order valence-electron chi connectivity index (χ2n) is 0.940. The van der Waals surface area contributed by atoms with Crippen LogP contribution in [0.2, 0.25) is 0 Å². The summed E-state index contributed by atoms with van der Waals surface area (Å²) in [5.74, 6) is -0.308. The molecule has 0 heterocycles. The first kappa shape index (κ1) is 5.47. The highest BCUT2D eigenvalue weighted by Crippen LogP contribution is 1.89. The van der Waals surface area contributed by atoms with Gasteiger partial charge in [-0.05, 0) is 6.92 Å². The lowest BCUT2D eigenvalue weighted by Crippen LogP contribution is -1.64. The molecule has 0 amide bonds. The highest BCUT2D eigenvalue weighted by molar-refractivity contribution is 4.76. The molecule has 0 rings (SSSR count). The van der Waals surface area contributed by atoms with Crippen molar-refractivity contribution in [2.75, 3.05) is 7.11 Å². The van der Waals surface area contributed by atoms with E-state index in [1.165, 1.54) is 14.0 Å². The standard InChI is InChI=1S/C4H7FO/c1-4(5)3-6-2/h3H,1-2H3/b4-3+. The highest BCUT2D eigenvalue weighted by Gasteiger charge is 1.73. The first-order valence-electron chi connectivity index (χ1n) is 1.62. The van der Waals surface area contributed by atoms with Crippen LogP contribution in [0.25, 0.3) is 0 Å². The van der Waals surface area contributed by atoms with Crippen LogP contribution in [0, 0.1) is 0 Å². The molecule has 0 aromatic rings. The van der Waals surface area contributed by atoms with Crippen LogP contribution in [0.3, 0.4) is 0 Å². The van der Waals surface area contributed by atoms with Crippen LogP contribution in [0.15, 0.2) is 12.1 Å². The molecule has 0 bridgehead atoms. The van der Waals surface area contributed by atoms with Gasteiger partial charge in [0.25, 0.3) is 0 Å².